The zero-order valence-corrected chi connectivity index (χ0v) is 8.16. The van der Waals surface area contributed by atoms with Crippen LogP contribution >= 0.6 is 0 Å². The molecular weight excluding hydrogens is 168 g/mol. The molecular formula is C9H18N2O2. The van der Waals surface area contributed by atoms with Gasteiger partial charge in [-0.05, 0) is 32.2 Å². The Hall–Kier alpha value is -0.770. The number of nitrogens with two attached hydrogens (primary N) is 1. The van der Waals surface area contributed by atoms with Crippen molar-refractivity contribution in [2.45, 2.75) is 31.7 Å². The monoisotopic (exact) mass is 186 g/mol. The third-order valence-electron chi connectivity index (χ3n) is 2.54. The third kappa shape index (κ3) is 2.59. The fraction of sp³-hybridized carbons (Fsp3) is 0.889. The summed E-state index contributed by atoms with van der Waals surface area (Å²) in [5.74, 6) is 0. The summed E-state index contributed by atoms with van der Waals surface area (Å²) in [7, 11) is 1.43. The number of amides is 1. The number of methoxy groups -OCH3 is 1. The van der Waals surface area contributed by atoms with Gasteiger partial charge in [-0.15, -0.1) is 0 Å². The lowest BCUT2D eigenvalue weighted by atomic mass is 10.00. The Bertz CT molecular complexity index is 171. The maximum atomic E-state index is 11.3. The number of rotatable bonds is 2. The third-order valence-corrected chi connectivity index (χ3v) is 2.54. The van der Waals surface area contributed by atoms with Crippen LogP contribution in [0.3, 0.4) is 0 Å². The van der Waals surface area contributed by atoms with Gasteiger partial charge in [0.05, 0.1) is 7.11 Å². The lowest BCUT2D eigenvalue weighted by molar-refractivity contribution is 0.0876. The summed E-state index contributed by atoms with van der Waals surface area (Å²) in [6.07, 6.45) is 4.01. The number of likely N-dealkylation sites (tertiary alicyclic amines) is 1. The van der Waals surface area contributed by atoms with Crippen LogP contribution in [0.1, 0.15) is 25.7 Å². The molecule has 4 nitrogen and oxygen atoms in total. The van der Waals surface area contributed by atoms with Crippen molar-refractivity contribution in [1.29, 1.82) is 0 Å². The van der Waals surface area contributed by atoms with Gasteiger partial charge in [-0.25, -0.2) is 4.79 Å². The first-order valence-corrected chi connectivity index (χ1v) is 4.84. The topological polar surface area (TPSA) is 55.6 Å². The molecule has 2 N–H and O–H groups in total. The number of ether oxygens (including phenoxy) is 1. The van der Waals surface area contributed by atoms with Gasteiger partial charge >= 0.3 is 6.09 Å². The van der Waals surface area contributed by atoms with Gasteiger partial charge in [-0.1, -0.05) is 0 Å². The molecule has 1 amide bonds. The van der Waals surface area contributed by atoms with Crippen LogP contribution < -0.4 is 5.73 Å². The summed E-state index contributed by atoms with van der Waals surface area (Å²) in [5.41, 5.74) is 5.48. The second-order valence-electron chi connectivity index (χ2n) is 3.39. The van der Waals surface area contributed by atoms with Crippen molar-refractivity contribution in [3.63, 3.8) is 0 Å². The minimum Gasteiger partial charge on any atom is -0.453 e. The van der Waals surface area contributed by atoms with Crippen LogP contribution in [-0.4, -0.2) is 37.2 Å². The van der Waals surface area contributed by atoms with E-state index in [9.17, 15) is 4.79 Å². The highest BCUT2D eigenvalue weighted by Gasteiger charge is 2.26. The van der Waals surface area contributed by atoms with Crippen LogP contribution in [0.15, 0.2) is 0 Å². The average molecular weight is 186 g/mol. The summed E-state index contributed by atoms with van der Waals surface area (Å²) in [4.78, 5) is 13.1. The Kier molecular flexibility index (Phi) is 4.02. The maximum Gasteiger partial charge on any atom is 0.409 e. The second-order valence-corrected chi connectivity index (χ2v) is 3.39. The van der Waals surface area contributed by atoms with Crippen LogP contribution in [0.25, 0.3) is 0 Å². The molecule has 0 radical (unpaired) electrons. The molecule has 0 saturated carbocycles. The van der Waals surface area contributed by atoms with Crippen molar-refractivity contribution in [2.75, 3.05) is 20.2 Å². The second kappa shape index (κ2) is 5.07. The largest absolute Gasteiger partial charge is 0.453 e. The van der Waals surface area contributed by atoms with E-state index >= 15 is 0 Å². The lowest BCUT2D eigenvalue weighted by Gasteiger charge is -2.34. The minimum atomic E-state index is -0.210. The molecule has 1 fully saturated rings. The molecule has 0 aromatic heterocycles. The first-order valence-electron chi connectivity index (χ1n) is 4.84. The lowest BCUT2D eigenvalue weighted by Crippen LogP contribution is -2.44. The van der Waals surface area contributed by atoms with Crippen LogP contribution in [0, 0.1) is 0 Å². The van der Waals surface area contributed by atoms with Crippen molar-refractivity contribution >= 4 is 6.09 Å². The normalized spacial score (nSPS) is 22.9. The number of hydrogen-bond acceptors (Lipinski definition) is 3. The molecule has 0 aromatic carbocycles. The Morgan fingerprint density at radius 3 is 3.00 bits per heavy atom. The van der Waals surface area contributed by atoms with Gasteiger partial charge in [0, 0.05) is 12.6 Å². The number of piperidine rings is 1. The first kappa shape index (κ1) is 10.3. The van der Waals surface area contributed by atoms with Gasteiger partial charge in [-0.2, -0.15) is 0 Å². The summed E-state index contributed by atoms with van der Waals surface area (Å²) >= 11 is 0. The summed E-state index contributed by atoms with van der Waals surface area (Å²) in [6.45, 7) is 1.45. The quantitative estimate of drug-likeness (QED) is 0.698. The van der Waals surface area contributed by atoms with Gasteiger partial charge in [0.15, 0.2) is 0 Å². The predicted molar refractivity (Wildman–Crippen MR) is 50.4 cm³/mol. The van der Waals surface area contributed by atoms with Gasteiger partial charge < -0.3 is 15.4 Å². The van der Waals surface area contributed by atoms with E-state index in [1.807, 2.05) is 0 Å². The van der Waals surface area contributed by atoms with E-state index in [0.29, 0.717) is 12.6 Å². The minimum absolute atomic E-state index is 0.210. The number of nitrogens with zero attached hydrogens (tertiary/aromatic N) is 1. The number of carbonyl (C=O) groups excluding carboxylic acids is 1. The van der Waals surface area contributed by atoms with Crippen LogP contribution in [0.5, 0.6) is 0 Å². The Balaban J connectivity index is 2.50. The molecule has 1 aliphatic rings. The van der Waals surface area contributed by atoms with E-state index < -0.39 is 0 Å². The van der Waals surface area contributed by atoms with E-state index in [4.69, 9.17) is 10.5 Å². The first-order chi connectivity index (χ1) is 6.29. The molecule has 1 aliphatic heterocycles. The van der Waals surface area contributed by atoms with Crippen molar-refractivity contribution in [1.82, 2.24) is 4.90 Å². The molecule has 0 unspecified atom stereocenters. The van der Waals surface area contributed by atoms with Crippen LogP contribution in [0.4, 0.5) is 4.79 Å². The van der Waals surface area contributed by atoms with Gasteiger partial charge in [0.1, 0.15) is 0 Å². The zero-order chi connectivity index (χ0) is 9.68. The fourth-order valence-electron chi connectivity index (χ4n) is 1.85. The molecule has 1 heterocycles. The van der Waals surface area contributed by atoms with Crippen molar-refractivity contribution in [3.8, 4) is 0 Å². The highest BCUT2D eigenvalue weighted by atomic mass is 16.5. The van der Waals surface area contributed by atoms with Crippen molar-refractivity contribution < 1.29 is 9.53 Å². The molecule has 0 aromatic rings. The molecule has 4 heteroatoms. The highest BCUT2D eigenvalue weighted by Crippen LogP contribution is 2.19. The number of hydrogen-bond donors (Lipinski definition) is 1. The predicted octanol–water partition coefficient (Wildman–Crippen LogP) is 0.956. The smallest absolute Gasteiger partial charge is 0.409 e. The highest BCUT2D eigenvalue weighted by molar-refractivity contribution is 5.67. The molecule has 0 aliphatic carbocycles. The molecule has 13 heavy (non-hydrogen) atoms. The molecule has 1 rings (SSSR count). The van der Waals surface area contributed by atoms with E-state index in [1.54, 1.807) is 4.90 Å². The molecule has 1 atom stereocenters. The molecule has 0 bridgehead atoms. The summed E-state index contributed by atoms with van der Waals surface area (Å²) in [5, 5.41) is 0. The van der Waals surface area contributed by atoms with Crippen molar-refractivity contribution in [2.24, 2.45) is 5.73 Å². The van der Waals surface area contributed by atoms with Gasteiger partial charge in [-0.3, -0.25) is 0 Å². The zero-order valence-electron chi connectivity index (χ0n) is 8.16. The Morgan fingerprint density at radius 2 is 2.38 bits per heavy atom. The van der Waals surface area contributed by atoms with E-state index in [-0.39, 0.29) is 6.09 Å². The molecule has 0 spiro atoms. The Labute approximate surface area is 79.0 Å². The van der Waals surface area contributed by atoms with E-state index in [2.05, 4.69) is 0 Å². The Morgan fingerprint density at radius 1 is 1.62 bits per heavy atom. The summed E-state index contributed by atoms with van der Waals surface area (Å²) in [6, 6.07) is 0.297. The van der Waals surface area contributed by atoms with Gasteiger partial charge in [0.25, 0.3) is 0 Å². The average Bonchev–Trinajstić information content (AvgIpc) is 2.18. The maximum absolute atomic E-state index is 11.3. The summed E-state index contributed by atoms with van der Waals surface area (Å²) < 4.78 is 4.71. The van der Waals surface area contributed by atoms with Crippen LogP contribution in [-0.2, 0) is 4.74 Å². The molecule has 1 saturated heterocycles. The van der Waals surface area contributed by atoms with Crippen molar-refractivity contribution in [3.05, 3.63) is 0 Å². The number of carbonyl (C=O) groups is 1. The molecule has 76 valence electrons. The van der Waals surface area contributed by atoms with E-state index in [0.717, 1.165) is 25.8 Å². The van der Waals surface area contributed by atoms with Gasteiger partial charge in [0.2, 0.25) is 0 Å². The SMILES string of the molecule is COC(=O)N1CCCC[C@@H]1CCN. The fourth-order valence-corrected chi connectivity index (χ4v) is 1.85. The van der Waals surface area contributed by atoms with Crippen LogP contribution in [0.2, 0.25) is 0 Å². The van der Waals surface area contributed by atoms with E-state index in [1.165, 1.54) is 13.5 Å². The standard InChI is InChI=1S/C9H18N2O2/c1-13-9(12)11-7-3-2-4-8(11)5-6-10/h8H,2-7,10H2,1H3/t8-/m1/s1.